The largest absolute Gasteiger partial charge is 0.859 e. The monoisotopic (exact) mass is 257 g/mol. The zero-order valence-electron chi connectivity index (χ0n) is 9.95. The summed E-state index contributed by atoms with van der Waals surface area (Å²) in [6, 6.07) is 9.47. The van der Waals surface area contributed by atoms with Crippen molar-refractivity contribution in [3.05, 3.63) is 70.0 Å². The van der Waals surface area contributed by atoms with Crippen molar-refractivity contribution in [1.29, 1.82) is 5.41 Å². The van der Waals surface area contributed by atoms with Crippen LogP contribution >= 0.6 is 0 Å². The summed E-state index contributed by atoms with van der Waals surface area (Å²) in [6.07, 6.45) is 3.35. The molecule has 19 heavy (non-hydrogen) atoms. The standard InChI is InChI=1S/C13H11N3O3/c14-13(17)11-2-1-7-15(9-11)8-10-3-5-12(6-4-10)16(18)19/h1-7,9H,8H2,(H-,14,17). The molecule has 0 radical (unpaired) electrons. The molecule has 0 saturated carbocycles. The van der Waals surface area contributed by atoms with Crippen LogP contribution in [0.25, 0.3) is 0 Å². The van der Waals surface area contributed by atoms with E-state index in [4.69, 9.17) is 5.41 Å². The van der Waals surface area contributed by atoms with Crippen LogP contribution in [0, 0.1) is 15.5 Å². The summed E-state index contributed by atoms with van der Waals surface area (Å²) < 4.78 is 1.75. The van der Waals surface area contributed by atoms with Crippen LogP contribution in [0.5, 0.6) is 0 Å². The first kappa shape index (κ1) is 12.7. The molecule has 0 atom stereocenters. The smallest absolute Gasteiger partial charge is 0.269 e. The average molecular weight is 257 g/mol. The lowest BCUT2D eigenvalue weighted by atomic mass is 10.2. The second-order valence-corrected chi connectivity index (χ2v) is 4.02. The summed E-state index contributed by atoms with van der Waals surface area (Å²) in [6.45, 7) is 0.485. The van der Waals surface area contributed by atoms with Crippen LogP contribution in [0.3, 0.4) is 0 Å². The normalized spacial score (nSPS) is 10.1. The first-order chi connectivity index (χ1) is 9.06. The van der Waals surface area contributed by atoms with Crippen LogP contribution in [-0.4, -0.2) is 10.8 Å². The summed E-state index contributed by atoms with van der Waals surface area (Å²) in [4.78, 5) is 10.1. The molecule has 1 aromatic carbocycles. The van der Waals surface area contributed by atoms with E-state index < -0.39 is 10.8 Å². The molecule has 0 fully saturated rings. The molecular weight excluding hydrogens is 246 g/mol. The van der Waals surface area contributed by atoms with Crippen molar-refractivity contribution < 1.29 is 14.6 Å². The second-order valence-electron chi connectivity index (χ2n) is 4.02. The van der Waals surface area contributed by atoms with Crippen molar-refractivity contribution in [2.75, 3.05) is 0 Å². The fourth-order valence-electron chi connectivity index (χ4n) is 1.69. The van der Waals surface area contributed by atoms with Gasteiger partial charge in [-0.2, -0.15) is 0 Å². The van der Waals surface area contributed by atoms with Crippen LogP contribution in [-0.2, 0) is 6.54 Å². The van der Waals surface area contributed by atoms with Crippen LogP contribution in [0.1, 0.15) is 11.1 Å². The predicted molar refractivity (Wildman–Crippen MR) is 65.7 cm³/mol. The van der Waals surface area contributed by atoms with Crippen molar-refractivity contribution in [3.8, 4) is 0 Å². The quantitative estimate of drug-likeness (QED) is 0.286. The molecule has 0 aliphatic heterocycles. The molecule has 1 N–H and O–H groups in total. The Morgan fingerprint density at radius 2 is 1.95 bits per heavy atom. The van der Waals surface area contributed by atoms with E-state index in [0.29, 0.717) is 12.1 Å². The van der Waals surface area contributed by atoms with Crippen molar-refractivity contribution in [3.63, 3.8) is 0 Å². The number of nitrogens with one attached hydrogen (secondary N) is 1. The Bertz CT molecular complexity index is 623. The van der Waals surface area contributed by atoms with Gasteiger partial charge in [0.25, 0.3) is 5.69 Å². The number of non-ortho nitro benzene ring substituents is 1. The number of nitro groups is 1. The average Bonchev–Trinajstić information content (AvgIpc) is 2.39. The van der Waals surface area contributed by atoms with Gasteiger partial charge in [0, 0.05) is 29.3 Å². The fourth-order valence-corrected chi connectivity index (χ4v) is 1.69. The van der Waals surface area contributed by atoms with Gasteiger partial charge in [-0.1, -0.05) is 0 Å². The lowest BCUT2D eigenvalue weighted by Gasteiger charge is -2.05. The predicted octanol–water partition coefficient (Wildman–Crippen LogP) is 0.616. The molecule has 0 unspecified atom stereocenters. The minimum atomic E-state index is -0.738. The molecule has 6 heteroatoms. The molecule has 0 saturated heterocycles. The van der Waals surface area contributed by atoms with E-state index in [0.717, 1.165) is 5.56 Å². The van der Waals surface area contributed by atoms with Gasteiger partial charge in [-0.25, -0.2) is 4.57 Å². The highest BCUT2D eigenvalue weighted by molar-refractivity contribution is 5.87. The molecule has 1 aromatic heterocycles. The number of nitrogens with zero attached hydrogens (tertiary/aromatic N) is 2. The zero-order valence-corrected chi connectivity index (χ0v) is 9.95. The Balaban J connectivity index is 2.19. The molecule has 0 spiro atoms. The summed E-state index contributed by atoms with van der Waals surface area (Å²) in [5.41, 5.74) is 1.23. The maximum Gasteiger partial charge on any atom is 0.269 e. The van der Waals surface area contributed by atoms with Gasteiger partial charge in [0.2, 0.25) is 0 Å². The number of benzene rings is 1. The molecule has 0 aliphatic rings. The number of pyridine rings is 1. The van der Waals surface area contributed by atoms with E-state index in [1.807, 2.05) is 0 Å². The summed E-state index contributed by atoms with van der Waals surface area (Å²) in [5.74, 6) is -0.738. The molecule has 96 valence electrons. The zero-order chi connectivity index (χ0) is 13.8. The van der Waals surface area contributed by atoms with E-state index >= 15 is 0 Å². The third-order valence-electron chi connectivity index (χ3n) is 2.63. The third kappa shape index (κ3) is 3.12. The van der Waals surface area contributed by atoms with Crippen molar-refractivity contribution >= 4 is 11.6 Å². The topological polar surface area (TPSA) is 93.9 Å². The lowest BCUT2D eigenvalue weighted by molar-refractivity contribution is -0.688. The minimum Gasteiger partial charge on any atom is -0.859 e. The van der Waals surface area contributed by atoms with Crippen molar-refractivity contribution in [2.45, 2.75) is 6.54 Å². The summed E-state index contributed by atoms with van der Waals surface area (Å²) >= 11 is 0. The number of rotatable bonds is 4. The van der Waals surface area contributed by atoms with Gasteiger partial charge in [0.05, 0.1) is 4.92 Å². The molecule has 0 bridgehead atoms. The van der Waals surface area contributed by atoms with Gasteiger partial charge in [0.15, 0.2) is 18.9 Å². The molecule has 6 nitrogen and oxygen atoms in total. The highest BCUT2D eigenvalue weighted by Crippen LogP contribution is 2.11. The first-order valence-electron chi connectivity index (χ1n) is 5.54. The highest BCUT2D eigenvalue weighted by atomic mass is 16.6. The van der Waals surface area contributed by atoms with E-state index in [-0.39, 0.29) is 5.69 Å². The van der Waals surface area contributed by atoms with Crippen LogP contribution in [0.2, 0.25) is 0 Å². The SMILES string of the molecule is N=C([O-])c1ccc[n+](Cc2ccc([N+](=O)[O-])cc2)c1. The number of aromatic nitrogens is 1. The molecule has 1 heterocycles. The second kappa shape index (κ2) is 5.26. The summed E-state index contributed by atoms with van der Waals surface area (Å²) in [7, 11) is 0. The van der Waals surface area contributed by atoms with E-state index in [2.05, 4.69) is 0 Å². The number of hydrogen-bond acceptors (Lipinski definition) is 4. The Labute approximate surface area is 109 Å². The molecular formula is C13H11N3O3. The van der Waals surface area contributed by atoms with Crippen molar-refractivity contribution in [1.82, 2.24) is 0 Å². The maximum absolute atomic E-state index is 10.9. The summed E-state index contributed by atoms with van der Waals surface area (Å²) in [5, 5.41) is 28.5. The molecule has 0 amide bonds. The van der Waals surface area contributed by atoms with Crippen LogP contribution in [0.15, 0.2) is 48.8 Å². The number of hydrogen-bond donors (Lipinski definition) is 1. The van der Waals surface area contributed by atoms with Crippen molar-refractivity contribution in [2.24, 2.45) is 0 Å². The van der Waals surface area contributed by atoms with Crippen LogP contribution in [0.4, 0.5) is 5.69 Å². The van der Waals surface area contributed by atoms with Gasteiger partial charge in [-0.05, 0) is 24.1 Å². The Morgan fingerprint density at radius 1 is 1.26 bits per heavy atom. The lowest BCUT2D eigenvalue weighted by Crippen LogP contribution is -2.35. The Hall–Kier alpha value is -2.76. The molecule has 2 rings (SSSR count). The molecule has 2 aromatic rings. The van der Waals surface area contributed by atoms with E-state index in [9.17, 15) is 15.2 Å². The van der Waals surface area contributed by atoms with Gasteiger partial charge in [-0.3, -0.25) is 10.1 Å². The minimum absolute atomic E-state index is 0.0452. The third-order valence-corrected chi connectivity index (χ3v) is 2.63. The number of nitro benzene ring substituents is 1. The Morgan fingerprint density at radius 3 is 2.53 bits per heavy atom. The molecule has 0 aliphatic carbocycles. The fraction of sp³-hybridized carbons (Fsp3) is 0.0769. The Kier molecular flexibility index (Phi) is 3.51. The van der Waals surface area contributed by atoms with Gasteiger partial charge in [-0.15, -0.1) is 0 Å². The van der Waals surface area contributed by atoms with Gasteiger partial charge >= 0.3 is 0 Å². The van der Waals surface area contributed by atoms with E-state index in [1.165, 1.54) is 12.1 Å². The maximum atomic E-state index is 10.9. The first-order valence-corrected chi connectivity index (χ1v) is 5.54. The van der Waals surface area contributed by atoms with Crippen LogP contribution < -0.4 is 9.67 Å². The van der Waals surface area contributed by atoms with Gasteiger partial charge in [0.1, 0.15) is 0 Å². The van der Waals surface area contributed by atoms with Gasteiger partial charge < -0.3 is 10.5 Å². The van der Waals surface area contributed by atoms with E-state index in [1.54, 1.807) is 41.2 Å². The highest BCUT2D eigenvalue weighted by Gasteiger charge is 2.07.